The Balaban J connectivity index is 1.65. The van der Waals surface area contributed by atoms with Gasteiger partial charge in [0.05, 0.1) is 11.8 Å². The highest BCUT2D eigenvalue weighted by Crippen LogP contribution is 2.43. The molecule has 0 amide bonds. The predicted octanol–water partition coefficient (Wildman–Crippen LogP) is 4.40. The van der Waals surface area contributed by atoms with Crippen LogP contribution in [-0.2, 0) is 15.8 Å². The zero-order valence-corrected chi connectivity index (χ0v) is 16.0. The average Bonchev–Trinajstić information content (AvgIpc) is 3.08. The molecular weight excluding hydrogens is 342 g/mol. The van der Waals surface area contributed by atoms with Crippen LogP contribution in [0.1, 0.15) is 41.9 Å². The Morgan fingerprint density at radius 3 is 2.50 bits per heavy atom. The summed E-state index contributed by atoms with van der Waals surface area (Å²) < 4.78 is 28.1. The molecule has 1 saturated heterocycles. The van der Waals surface area contributed by atoms with Crippen molar-refractivity contribution in [1.29, 1.82) is 0 Å². The Kier molecular flexibility index (Phi) is 4.72. The van der Waals surface area contributed by atoms with Gasteiger partial charge in [0.25, 0.3) is 0 Å². The summed E-state index contributed by atoms with van der Waals surface area (Å²) in [5.41, 5.74) is 4.65. The third kappa shape index (κ3) is 3.36. The molecule has 1 aliphatic carbocycles. The molecule has 2 aliphatic rings. The minimum atomic E-state index is -3.34. The maximum atomic E-state index is 13.2. The van der Waals surface area contributed by atoms with Crippen LogP contribution in [0.5, 0.6) is 0 Å². The number of sulfonamides is 1. The number of allylic oxidation sites excluding steroid dienone is 1. The molecule has 0 saturated carbocycles. The van der Waals surface area contributed by atoms with Crippen LogP contribution in [-0.4, -0.2) is 25.3 Å². The molecule has 0 spiro atoms. The minimum absolute atomic E-state index is 0.0137. The summed E-state index contributed by atoms with van der Waals surface area (Å²) in [6.07, 6.45) is 5.18. The summed E-state index contributed by atoms with van der Waals surface area (Å²) >= 11 is 0. The van der Waals surface area contributed by atoms with E-state index in [9.17, 15) is 8.42 Å². The summed E-state index contributed by atoms with van der Waals surface area (Å²) in [7, 11) is -3.34. The molecule has 4 heteroatoms. The molecular formula is C22H25NO2S. The van der Waals surface area contributed by atoms with Crippen molar-refractivity contribution >= 4 is 10.0 Å². The van der Waals surface area contributed by atoms with Gasteiger partial charge in [-0.1, -0.05) is 71.8 Å². The molecule has 2 atom stereocenters. The van der Waals surface area contributed by atoms with Gasteiger partial charge in [-0.25, -0.2) is 8.42 Å². The lowest BCUT2D eigenvalue weighted by Gasteiger charge is -2.34. The molecule has 0 aromatic heterocycles. The topological polar surface area (TPSA) is 37.4 Å². The first-order valence-corrected chi connectivity index (χ1v) is 10.9. The highest BCUT2D eigenvalue weighted by molar-refractivity contribution is 7.88. The molecule has 1 aliphatic heterocycles. The lowest BCUT2D eigenvalue weighted by atomic mass is 9.80. The number of aryl methyl sites for hydroxylation is 1. The van der Waals surface area contributed by atoms with Gasteiger partial charge in [-0.15, -0.1) is 0 Å². The SMILES string of the molecule is Cc1ccc([C@@H]2CCC=C3CCN(S(=O)(=O)Cc4ccccc4)[C@H]32)cc1. The molecule has 3 nitrogen and oxygen atoms in total. The van der Waals surface area contributed by atoms with Crippen molar-refractivity contribution in [3.05, 3.63) is 82.9 Å². The van der Waals surface area contributed by atoms with Crippen molar-refractivity contribution in [2.45, 2.75) is 43.9 Å². The van der Waals surface area contributed by atoms with Crippen molar-refractivity contribution in [3.8, 4) is 0 Å². The first kappa shape index (κ1) is 17.5. The maximum Gasteiger partial charge on any atom is 0.218 e. The highest BCUT2D eigenvalue weighted by atomic mass is 32.2. The minimum Gasteiger partial charge on any atom is -0.212 e. The Morgan fingerprint density at radius 1 is 1.04 bits per heavy atom. The second-order valence-corrected chi connectivity index (χ2v) is 9.34. The van der Waals surface area contributed by atoms with Gasteiger partial charge in [-0.2, -0.15) is 4.31 Å². The second-order valence-electron chi connectivity index (χ2n) is 7.42. The molecule has 136 valence electrons. The summed E-state index contributed by atoms with van der Waals surface area (Å²) in [6.45, 7) is 2.69. The predicted molar refractivity (Wildman–Crippen MR) is 105 cm³/mol. The lowest BCUT2D eigenvalue weighted by Crippen LogP contribution is -2.41. The maximum absolute atomic E-state index is 13.2. The normalized spacial score (nSPS) is 23.5. The number of rotatable bonds is 4. The summed E-state index contributed by atoms with van der Waals surface area (Å²) in [5, 5.41) is 0. The first-order chi connectivity index (χ1) is 12.5. The Morgan fingerprint density at radius 2 is 1.77 bits per heavy atom. The largest absolute Gasteiger partial charge is 0.218 e. The summed E-state index contributed by atoms with van der Waals surface area (Å²) in [6, 6.07) is 18.1. The fourth-order valence-corrected chi connectivity index (χ4v) is 6.12. The highest BCUT2D eigenvalue weighted by Gasteiger charge is 2.43. The van der Waals surface area contributed by atoms with Gasteiger partial charge in [0.15, 0.2) is 0 Å². The van der Waals surface area contributed by atoms with Crippen LogP contribution in [0.3, 0.4) is 0 Å². The zero-order valence-electron chi connectivity index (χ0n) is 15.1. The van der Waals surface area contributed by atoms with Crippen LogP contribution in [0.15, 0.2) is 66.2 Å². The van der Waals surface area contributed by atoms with Crippen molar-refractivity contribution < 1.29 is 8.42 Å². The van der Waals surface area contributed by atoms with E-state index in [4.69, 9.17) is 0 Å². The van der Waals surface area contributed by atoms with E-state index in [0.29, 0.717) is 6.54 Å². The molecule has 0 radical (unpaired) electrons. The molecule has 0 unspecified atom stereocenters. The third-order valence-electron chi connectivity index (χ3n) is 5.63. The van der Waals surface area contributed by atoms with E-state index in [-0.39, 0.29) is 17.7 Å². The fraction of sp³-hybridized carbons (Fsp3) is 0.364. The fourth-order valence-electron chi connectivity index (χ4n) is 4.34. The van der Waals surface area contributed by atoms with Crippen LogP contribution in [0, 0.1) is 6.92 Å². The standard InChI is InChI=1S/C22H25NO2S/c1-17-10-12-19(13-11-17)21-9-5-8-20-14-15-23(22(20)21)26(24,25)16-18-6-3-2-4-7-18/h2-4,6-8,10-13,21-22H,5,9,14-16H2,1H3/t21-,22+/m0/s1. The number of hydrogen-bond acceptors (Lipinski definition) is 2. The molecule has 0 bridgehead atoms. The quantitative estimate of drug-likeness (QED) is 0.751. The lowest BCUT2D eigenvalue weighted by molar-refractivity contribution is 0.345. The van der Waals surface area contributed by atoms with Gasteiger partial charge in [0.1, 0.15) is 0 Å². The van der Waals surface area contributed by atoms with Crippen LogP contribution in [0.25, 0.3) is 0 Å². The molecule has 4 rings (SSSR count). The number of hydrogen-bond donors (Lipinski definition) is 0. The van der Waals surface area contributed by atoms with Crippen molar-refractivity contribution in [3.63, 3.8) is 0 Å². The number of benzene rings is 2. The van der Waals surface area contributed by atoms with Crippen LogP contribution < -0.4 is 0 Å². The summed E-state index contributed by atoms with van der Waals surface area (Å²) in [5.74, 6) is 0.335. The third-order valence-corrected chi connectivity index (χ3v) is 7.45. The van der Waals surface area contributed by atoms with E-state index in [1.807, 2.05) is 30.3 Å². The summed E-state index contributed by atoms with van der Waals surface area (Å²) in [4.78, 5) is 0. The van der Waals surface area contributed by atoms with E-state index in [1.165, 1.54) is 16.7 Å². The van der Waals surface area contributed by atoms with Crippen LogP contribution >= 0.6 is 0 Å². The monoisotopic (exact) mass is 367 g/mol. The van der Waals surface area contributed by atoms with Gasteiger partial charge >= 0.3 is 0 Å². The zero-order chi connectivity index (χ0) is 18.1. The van der Waals surface area contributed by atoms with Gasteiger partial charge in [0.2, 0.25) is 10.0 Å². The van der Waals surface area contributed by atoms with Crippen molar-refractivity contribution in [2.75, 3.05) is 6.54 Å². The molecule has 26 heavy (non-hydrogen) atoms. The molecule has 2 aromatic rings. The average molecular weight is 368 g/mol. The van der Waals surface area contributed by atoms with E-state index in [1.54, 1.807) is 4.31 Å². The van der Waals surface area contributed by atoms with E-state index in [2.05, 4.69) is 37.3 Å². The van der Waals surface area contributed by atoms with Gasteiger partial charge in [0, 0.05) is 12.5 Å². The van der Waals surface area contributed by atoms with Crippen LogP contribution in [0.2, 0.25) is 0 Å². The smallest absolute Gasteiger partial charge is 0.212 e. The van der Waals surface area contributed by atoms with E-state index >= 15 is 0 Å². The van der Waals surface area contributed by atoms with Gasteiger partial charge < -0.3 is 0 Å². The number of nitrogens with zero attached hydrogens (tertiary/aromatic N) is 1. The van der Waals surface area contributed by atoms with E-state index < -0.39 is 10.0 Å². The Labute approximate surface area is 156 Å². The second kappa shape index (κ2) is 7.01. The Hall–Kier alpha value is -1.91. The van der Waals surface area contributed by atoms with Crippen molar-refractivity contribution in [1.82, 2.24) is 4.31 Å². The van der Waals surface area contributed by atoms with Crippen LogP contribution in [0.4, 0.5) is 0 Å². The molecule has 0 N–H and O–H groups in total. The van der Waals surface area contributed by atoms with Crippen molar-refractivity contribution in [2.24, 2.45) is 0 Å². The van der Waals surface area contributed by atoms with Gasteiger partial charge in [-0.3, -0.25) is 0 Å². The molecule has 1 fully saturated rings. The molecule has 1 heterocycles. The van der Waals surface area contributed by atoms with E-state index in [0.717, 1.165) is 24.8 Å². The first-order valence-electron chi connectivity index (χ1n) is 9.33. The molecule has 2 aromatic carbocycles. The van der Waals surface area contributed by atoms with Gasteiger partial charge in [-0.05, 0) is 37.3 Å². The number of fused-ring (bicyclic) bond motifs is 1. The Bertz CT molecular complexity index is 901.